The quantitative estimate of drug-likeness (QED) is 0.630. The van der Waals surface area contributed by atoms with E-state index in [1.165, 1.54) is 11.3 Å². The second-order valence-corrected chi connectivity index (χ2v) is 5.13. The zero-order chi connectivity index (χ0) is 13.9. The SMILES string of the molecule is Nc1cccc(NC(=O)Nc2ccc3ncsc3c2)c1. The van der Waals surface area contributed by atoms with Crippen LogP contribution >= 0.6 is 11.3 Å². The minimum Gasteiger partial charge on any atom is -0.399 e. The monoisotopic (exact) mass is 284 g/mol. The van der Waals surface area contributed by atoms with Crippen LogP contribution in [0.25, 0.3) is 10.2 Å². The summed E-state index contributed by atoms with van der Waals surface area (Å²) in [5.74, 6) is 0. The van der Waals surface area contributed by atoms with Crippen molar-refractivity contribution >= 4 is 44.6 Å². The summed E-state index contributed by atoms with van der Waals surface area (Å²) in [5.41, 5.74) is 10.4. The Kier molecular flexibility index (Phi) is 3.22. The molecular weight excluding hydrogens is 272 g/mol. The molecule has 0 spiro atoms. The summed E-state index contributed by atoms with van der Waals surface area (Å²) >= 11 is 1.54. The lowest BCUT2D eigenvalue weighted by Gasteiger charge is -2.08. The van der Waals surface area contributed by atoms with Gasteiger partial charge in [-0.1, -0.05) is 6.07 Å². The third kappa shape index (κ3) is 2.70. The average molecular weight is 284 g/mol. The lowest BCUT2D eigenvalue weighted by atomic mass is 10.3. The van der Waals surface area contributed by atoms with Gasteiger partial charge in [-0.15, -0.1) is 11.3 Å². The summed E-state index contributed by atoms with van der Waals surface area (Å²) in [5, 5.41) is 5.51. The fourth-order valence-corrected chi connectivity index (χ4v) is 2.56. The number of carbonyl (C=O) groups excluding carboxylic acids is 1. The topological polar surface area (TPSA) is 80.0 Å². The number of aromatic nitrogens is 1. The van der Waals surface area contributed by atoms with Gasteiger partial charge in [0.2, 0.25) is 0 Å². The van der Waals surface area contributed by atoms with Crippen LogP contribution < -0.4 is 16.4 Å². The molecule has 4 N–H and O–H groups in total. The van der Waals surface area contributed by atoms with E-state index < -0.39 is 0 Å². The molecule has 0 aliphatic heterocycles. The van der Waals surface area contributed by atoms with Gasteiger partial charge in [0, 0.05) is 17.1 Å². The zero-order valence-corrected chi connectivity index (χ0v) is 11.3. The minimum absolute atomic E-state index is 0.306. The number of thiazole rings is 1. The molecule has 5 nitrogen and oxygen atoms in total. The van der Waals surface area contributed by atoms with Gasteiger partial charge in [-0.05, 0) is 36.4 Å². The maximum absolute atomic E-state index is 11.9. The second-order valence-electron chi connectivity index (χ2n) is 4.24. The van der Waals surface area contributed by atoms with Gasteiger partial charge in [-0.25, -0.2) is 9.78 Å². The molecule has 1 aromatic heterocycles. The van der Waals surface area contributed by atoms with E-state index in [-0.39, 0.29) is 6.03 Å². The molecule has 2 aromatic carbocycles. The molecule has 3 aromatic rings. The van der Waals surface area contributed by atoms with Gasteiger partial charge >= 0.3 is 6.03 Å². The first kappa shape index (κ1) is 12.4. The van der Waals surface area contributed by atoms with Crippen LogP contribution in [-0.4, -0.2) is 11.0 Å². The standard InChI is InChI=1S/C14H12N4OS/c15-9-2-1-3-10(6-9)17-14(19)18-11-4-5-12-13(7-11)20-8-16-12/h1-8H,15H2,(H2,17,18,19). The number of hydrogen-bond acceptors (Lipinski definition) is 4. The molecular formula is C14H12N4OS. The molecule has 2 amide bonds. The van der Waals surface area contributed by atoms with Gasteiger partial charge in [0.25, 0.3) is 0 Å². The van der Waals surface area contributed by atoms with E-state index in [4.69, 9.17) is 5.73 Å². The Morgan fingerprint density at radius 1 is 1.10 bits per heavy atom. The van der Waals surface area contributed by atoms with Crippen molar-refractivity contribution in [2.24, 2.45) is 0 Å². The van der Waals surface area contributed by atoms with Gasteiger partial charge in [0.1, 0.15) is 0 Å². The highest BCUT2D eigenvalue weighted by atomic mass is 32.1. The lowest BCUT2D eigenvalue weighted by Crippen LogP contribution is -2.19. The molecule has 0 radical (unpaired) electrons. The van der Waals surface area contributed by atoms with E-state index in [0.29, 0.717) is 11.4 Å². The fraction of sp³-hybridized carbons (Fsp3) is 0. The van der Waals surface area contributed by atoms with Crippen LogP contribution in [0, 0.1) is 0 Å². The highest BCUT2D eigenvalue weighted by Crippen LogP contribution is 2.22. The van der Waals surface area contributed by atoms with Gasteiger partial charge in [0.15, 0.2) is 0 Å². The van der Waals surface area contributed by atoms with Crippen molar-refractivity contribution in [3.63, 3.8) is 0 Å². The number of amides is 2. The van der Waals surface area contributed by atoms with Crippen molar-refractivity contribution in [2.75, 3.05) is 16.4 Å². The number of nitrogens with zero attached hydrogens (tertiary/aromatic N) is 1. The summed E-state index contributed by atoms with van der Waals surface area (Å²) in [6, 6.07) is 12.3. The zero-order valence-electron chi connectivity index (χ0n) is 10.5. The largest absolute Gasteiger partial charge is 0.399 e. The fourth-order valence-electron chi connectivity index (χ4n) is 1.84. The molecule has 0 aliphatic carbocycles. The van der Waals surface area contributed by atoms with E-state index >= 15 is 0 Å². The number of nitrogens with one attached hydrogen (secondary N) is 2. The molecule has 0 saturated carbocycles. The van der Waals surface area contributed by atoms with E-state index in [0.717, 1.165) is 15.9 Å². The molecule has 0 bridgehead atoms. The Morgan fingerprint density at radius 3 is 2.70 bits per heavy atom. The number of nitrogens with two attached hydrogens (primary N) is 1. The molecule has 20 heavy (non-hydrogen) atoms. The first-order valence-electron chi connectivity index (χ1n) is 5.97. The van der Waals surface area contributed by atoms with Crippen LogP contribution in [0.3, 0.4) is 0 Å². The number of benzene rings is 2. The smallest absolute Gasteiger partial charge is 0.323 e. The summed E-state index contributed by atoms with van der Waals surface area (Å²) in [6.07, 6.45) is 0. The summed E-state index contributed by atoms with van der Waals surface area (Å²) < 4.78 is 1.03. The number of anilines is 3. The lowest BCUT2D eigenvalue weighted by molar-refractivity contribution is 0.262. The Bertz CT molecular complexity index is 768. The van der Waals surface area contributed by atoms with Crippen LogP contribution in [-0.2, 0) is 0 Å². The third-order valence-electron chi connectivity index (χ3n) is 2.73. The van der Waals surface area contributed by atoms with E-state index in [2.05, 4.69) is 15.6 Å². The van der Waals surface area contributed by atoms with Crippen molar-refractivity contribution in [1.29, 1.82) is 0 Å². The summed E-state index contributed by atoms with van der Waals surface area (Å²) in [7, 11) is 0. The molecule has 0 atom stereocenters. The highest BCUT2D eigenvalue weighted by molar-refractivity contribution is 7.16. The highest BCUT2D eigenvalue weighted by Gasteiger charge is 2.04. The Labute approximate surface area is 119 Å². The Morgan fingerprint density at radius 2 is 1.90 bits per heavy atom. The van der Waals surface area contributed by atoms with Gasteiger partial charge in [0.05, 0.1) is 15.7 Å². The van der Waals surface area contributed by atoms with E-state index in [1.54, 1.807) is 29.8 Å². The Hall–Kier alpha value is -2.60. The van der Waals surface area contributed by atoms with E-state index in [9.17, 15) is 4.79 Å². The van der Waals surface area contributed by atoms with Crippen molar-refractivity contribution in [1.82, 2.24) is 4.98 Å². The van der Waals surface area contributed by atoms with Crippen molar-refractivity contribution in [3.8, 4) is 0 Å². The number of nitrogen functional groups attached to an aromatic ring is 1. The van der Waals surface area contributed by atoms with Gasteiger partial charge in [-0.3, -0.25) is 0 Å². The number of urea groups is 1. The second kappa shape index (κ2) is 5.18. The van der Waals surface area contributed by atoms with Crippen LogP contribution in [0.5, 0.6) is 0 Å². The first-order chi connectivity index (χ1) is 9.70. The van der Waals surface area contributed by atoms with Crippen LogP contribution in [0.2, 0.25) is 0 Å². The number of rotatable bonds is 2. The average Bonchev–Trinajstić information content (AvgIpc) is 2.86. The summed E-state index contributed by atoms with van der Waals surface area (Å²) in [6.45, 7) is 0. The van der Waals surface area contributed by atoms with Crippen LogP contribution in [0.4, 0.5) is 21.9 Å². The normalized spacial score (nSPS) is 10.4. The van der Waals surface area contributed by atoms with Crippen LogP contribution in [0.1, 0.15) is 0 Å². The molecule has 6 heteroatoms. The predicted molar refractivity (Wildman–Crippen MR) is 83.1 cm³/mol. The third-order valence-corrected chi connectivity index (χ3v) is 3.53. The Balaban J connectivity index is 1.72. The molecule has 0 unspecified atom stereocenters. The number of fused-ring (bicyclic) bond motifs is 1. The van der Waals surface area contributed by atoms with Crippen LogP contribution in [0.15, 0.2) is 48.0 Å². The van der Waals surface area contributed by atoms with Gasteiger partial charge < -0.3 is 16.4 Å². The maximum Gasteiger partial charge on any atom is 0.323 e. The first-order valence-corrected chi connectivity index (χ1v) is 6.85. The molecule has 100 valence electrons. The number of hydrogen-bond donors (Lipinski definition) is 3. The molecule has 3 rings (SSSR count). The van der Waals surface area contributed by atoms with Crippen molar-refractivity contribution in [3.05, 3.63) is 48.0 Å². The maximum atomic E-state index is 11.9. The molecule has 0 aliphatic rings. The van der Waals surface area contributed by atoms with Crippen molar-refractivity contribution in [2.45, 2.75) is 0 Å². The molecule has 1 heterocycles. The van der Waals surface area contributed by atoms with Gasteiger partial charge in [-0.2, -0.15) is 0 Å². The van der Waals surface area contributed by atoms with Crippen molar-refractivity contribution < 1.29 is 4.79 Å². The molecule has 0 fully saturated rings. The number of carbonyl (C=O) groups is 1. The minimum atomic E-state index is -0.306. The van der Waals surface area contributed by atoms with E-state index in [1.807, 2.05) is 18.2 Å². The predicted octanol–water partition coefficient (Wildman–Crippen LogP) is 3.52. The molecule has 0 saturated heterocycles. The summed E-state index contributed by atoms with van der Waals surface area (Å²) in [4.78, 5) is 16.1.